The van der Waals surface area contributed by atoms with E-state index in [0.29, 0.717) is 13.2 Å². The number of thioether (sulfide) groups is 1. The third kappa shape index (κ3) is 3.42. The van der Waals surface area contributed by atoms with E-state index in [1.165, 1.54) is 24.6 Å². The molecule has 0 N–H and O–H groups in total. The fraction of sp³-hybridized carbons (Fsp3) is 0.562. The molecule has 0 unspecified atom stereocenters. The van der Waals surface area contributed by atoms with Gasteiger partial charge in [0.15, 0.2) is 0 Å². The number of benzene rings is 1. The summed E-state index contributed by atoms with van der Waals surface area (Å²) in [5, 5.41) is -0.762. The van der Waals surface area contributed by atoms with Crippen molar-refractivity contribution in [3.63, 3.8) is 0 Å². The minimum absolute atomic E-state index is 0.613. The Labute approximate surface area is 136 Å². The topological polar surface area (TPSA) is 21.7 Å². The van der Waals surface area contributed by atoms with Crippen LogP contribution in [0.25, 0.3) is 0 Å². The van der Waals surface area contributed by atoms with E-state index in [1.807, 2.05) is 30.3 Å². The average molecular weight is 323 g/mol. The maximum atomic E-state index is 5.94. The number of thiocarbonyl (C=S) groups is 1. The molecule has 1 aromatic carbocycles. The molecule has 0 atom stereocenters. The van der Waals surface area contributed by atoms with Crippen molar-refractivity contribution in [1.82, 2.24) is 4.90 Å². The highest BCUT2D eigenvalue weighted by molar-refractivity contribution is 8.23. The molecule has 0 amide bonds. The number of hydrogen-bond donors (Lipinski definition) is 0. The monoisotopic (exact) mass is 323 g/mol. The largest absolute Gasteiger partial charge is 0.357 e. The highest BCUT2D eigenvalue weighted by atomic mass is 32.2. The van der Waals surface area contributed by atoms with Crippen LogP contribution in [0.3, 0.4) is 0 Å². The Kier molecular flexibility index (Phi) is 4.84. The van der Waals surface area contributed by atoms with Gasteiger partial charge in [0, 0.05) is 18.7 Å². The third-order valence-corrected chi connectivity index (χ3v) is 5.74. The predicted octanol–water partition coefficient (Wildman–Crippen LogP) is 3.59. The van der Waals surface area contributed by atoms with Crippen molar-refractivity contribution in [2.75, 3.05) is 26.3 Å². The zero-order chi connectivity index (χ0) is 14.7. The molecule has 0 radical (unpaired) electrons. The Hall–Kier alpha value is -0.620. The van der Waals surface area contributed by atoms with Gasteiger partial charge in [-0.05, 0) is 30.5 Å². The van der Waals surface area contributed by atoms with Crippen molar-refractivity contribution in [3.05, 3.63) is 35.9 Å². The summed E-state index contributed by atoms with van der Waals surface area (Å²) in [7, 11) is 0. The first-order valence-electron chi connectivity index (χ1n) is 7.51. The average Bonchev–Trinajstić information content (AvgIpc) is 2.98. The van der Waals surface area contributed by atoms with E-state index in [2.05, 4.69) is 11.8 Å². The minimum Gasteiger partial charge on any atom is -0.357 e. The van der Waals surface area contributed by atoms with Gasteiger partial charge in [-0.2, -0.15) is 0 Å². The fourth-order valence-corrected chi connectivity index (χ4v) is 4.28. The summed E-state index contributed by atoms with van der Waals surface area (Å²) >= 11 is 7.18. The van der Waals surface area contributed by atoms with Gasteiger partial charge in [0.25, 0.3) is 5.12 Å². The van der Waals surface area contributed by atoms with Crippen molar-refractivity contribution in [1.29, 1.82) is 0 Å². The Morgan fingerprint density at radius 1 is 1.19 bits per heavy atom. The van der Waals surface area contributed by atoms with Crippen LogP contribution in [0.4, 0.5) is 0 Å². The molecule has 5 heteroatoms. The van der Waals surface area contributed by atoms with Crippen molar-refractivity contribution < 1.29 is 9.47 Å². The number of ether oxygens (including phenoxy) is 2. The van der Waals surface area contributed by atoms with Crippen LogP contribution < -0.4 is 0 Å². The number of piperidine rings is 1. The summed E-state index contributed by atoms with van der Waals surface area (Å²) in [6.45, 7) is 5.61. The lowest BCUT2D eigenvalue weighted by atomic mass is 10.00. The van der Waals surface area contributed by atoms with Crippen LogP contribution in [0.15, 0.2) is 30.3 Å². The molecular weight excluding hydrogens is 302 g/mol. The predicted molar refractivity (Wildman–Crippen MR) is 90.2 cm³/mol. The lowest BCUT2D eigenvalue weighted by molar-refractivity contribution is -0.0806. The summed E-state index contributed by atoms with van der Waals surface area (Å²) in [5.74, 6) is 0.802. The van der Waals surface area contributed by atoms with Crippen molar-refractivity contribution in [2.45, 2.75) is 24.9 Å². The number of rotatable bonds is 2. The molecule has 0 saturated carbocycles. The lowest BCUT2D eigenvalue weighted by Crippen LogP contribution is -2.38. The van der Waals surface area contributed by atoms with E-state index >= 15 is 0 Å². The first kappa shape index (κ1) is 15.3. The van der Waals surface area contributed by atoms with E-state index < -0.39 is 5.12 Å². The summed E-state index contributed by atoms with van der Waals surface area (Å²) in [6.07, 6.45) is 2.42. The van der Waals surface area contributed by atoms with Crippen LogP contribution in [-0.4, -0.2) is 35.5 Å². The van der Waals surface area contributed by atoms with Gasteiger partial charge in [-0.3, -0.25) is 0 Å². The molecule has 1 aromatic rings. The molecule has 0 aliphatic carbocycles. The molecule has 0 aromatic heterocycles. The van der Waals surface area contributed by atoms with E-state index in [9.17, 15) is 0 Å². The van der Waals surface area contributed by atoms with Gasteiger partial charge in [0.05, 0.1) is 13.2 Å². The smallest absolute Gasteiger partial charge is 0.252 e. The second kappa shape index (κ2) is 6.65. The number of nitrogens with zero attached hydrogens (tertiary/aromatic N) is 1. The van der Waals surface area contributed by atoms with Gasteiger partial charge in [0.2, 0.25) is 0 Å². The van der Waals surface area contributed by atoms with Crippen LogP contribution in [-0.2, 0) is 14.6 Å². The molecule has 0 bridgehead atoms. The molecule has 3 nitrogen and oxygen atoms in total. The summed E-state index contributed by atoms with van der Waals surface area (Å²) in [5.41, 5.74) is 1.03. The highest BCUT2D eigenvalue weighted by Crippen LogP contribution is 2.43. The standard InChI is InChI=1S/C16H21NO2S2/c1-13-7-9-17(10-8-13)15(20)21-16(18-11-12-19-16)14-5-3-2-4-6-14/h2-6,13H,7-12H2,1H3. The van der Waals surface area contributed by atoms with Gasteiger partial charge < -0.3 is 14.4 Å². The van der Waals surface area contributed by atoms with Crippen LogP contribution in [0.2, 0.25) is 0 Å². The zero-order valence-electron chi connectivity index (χ0n) is 12.3. The second-order valence-electron chi connectivity index (χ2n) is 5.66. The Balaban J connectivity index is 1.72. The third-order valence-electron chi connectivity index (χ3n) is 4.06. The van der Waals surface area contributed by atoms with Crippen molar-refractivity contribution in [2.24, 2.45) is 5.92 Å². The van der Waals surface area contributed by atoms with Gasteiger partial charge in [-0.1, -0.05) is 49.5 Å². The Bertz CT molecular complexity index is 480. The van der Waals surface area contributed by atoms with E-state index in [-0.39, 0.29) is 0 Å². The first-order chi connectivity index (χ1) is 10.2. The van der Waals surface area contributed by atoms with E-state index in [0.717, 1.165) is 28.9 Å². The number of likely N-dealkylation sites (tertiary alicyclic amines) is 1. The van der Waals surface area contributed by atoms with Gasteiger partial charge in [-0.25, -0.2) is 0 Å². The quantitative estimate of drug-likeness (QED) is 0.773. The second-order valence-corrected chi connectivity index (χ2v) is 7.43. The maximum absolute atomic E-state index is 5.94. The molecule has 114 valence electrons. The summed E-state index contributed by atoms with van der Waals surface area (Å²) < 4.78 is 12.8. The molecule has 3 rings (SSSR count). The van der Waals surface area contributed by atoms with Crippen LogP contribution in [0, 0.1) is 5.92 Å². The molecule has 2 aliphatic heterocycles. The molecule has 21 heavy (non-hydrogen) atoms. The van der Waals surface area contributed by atoms with Crippen molar-refractivity contribution >= 4 is 28.3 Å². The zero-order valence-corrected chi connectivity index (χ0v) is 13.9. The number of hydrogen-bond acceptors (Lipinski definition) is 4. The minimum atomic E-state index is -0.762. The molecule has 2 aliphatic rings. The molecule has 2 heterocycles. The van der Waals surface area contributed by atoms with Gasteiger partial charge in [0.1, 0.15) is 4.32 Å². The van der Waals surface area contributed by atoms with Crippen LogP contribution >= 0.6 is 24.0 Å². The fourth-order valence-electron chi connectivity index (χ4n) is 2.69. The van der Waals surface area contributed by atoms with E-state index in [1.54, 1.807) is 0 Å². The molecular formula is C16H21NO2S2. The van der Waals surface area contributed by atoms with Gasteiger partial charge in [-0.15, -0.1) is 0 Å². The SMILES string of the molecule is CC1CCN(C(=S)SC2(c3ccccc3)OCCO2)CC1. The molecule has 0 spiro atoms. The molecule has 2 fully saturated rings. The lowest BCUT2D eigenvalue weighted by Gasteiger charge is -2.35. The van der Waals surface area contributed by atoms with E-state index in [4.69, 9.17) is 21.7 Å². The Morgan fingerprint density at radius 2 is 1.81 bits per heavy atom. The Morgan fingerprint density at radius 3 is 2.43 bits per heavy atom. The van der Waals surface area contributed by atoms with Crippen LogP contribution in [0.1, 0.15) is 25.3 Å². The summed E-state index contributed by atoms with van der Waals surface area (Å²) in [4.78, 5) is 2.29. The van der Waals surface area contributed by atoms with Crippen LogP contribution in [0.5, 0.6) is 0 Å². The molecule has 2 saturated heterocycles. The summed E-state index contributed by atoms with van der Waals surface area (Å²) in [6, 6.07) is 10.1. The first-order valence-corrected chi connectivity index (χ1v) is 8.73. The normalized spacial score (nSPS) is 22.4. The highest BCUT2D eigenvalue weighted by Gasteiger charge is 2.41. The van der Waals surface area contributed by atoms with Gasteiger partial charge >= 0.3 is 0 Å². The maximum Gasteiger partial charge on any atom is 0.252 e. The van der Waals surface area contributed by atoms with Crippen molar-refractivity contribution in [3.8, 4) is 0 Å².